The Labute approximate surface area is 114 Å². The number of amides is 1. The number of carbonyl (C=O) groups is 1. The molecule has 0 bridgehead atoms. The third-order valence-electron chi connectivity index (χ3n) is 2.68. The zero-order chi connectivity index (χ0) is 14.4. The van der Waals surface area contributed by atoms with E-state index in [1.807, 2.05) is 13.8 Å². The fourth-order valence-electron chi connectivity index (χ4n) is 1.73. The average molecular weight is 266 g/mol. The monoisotopic (exact) mass is 266 g/mol. The molecule has 0 unspecified atom stereocenters. The van der Waals surface area contributed by atoms with Crippen LogP contribution in [0.2, 0.25) is 0 Å². The maximum atomic E-state index is 11.9. The van der Waals surface area contributed by atoms with Crippen LogP contribution in [0.15, 0.2) is 18.2 Å². The van der Waals surface area contributed by atoms with Gasteiger partial charge in [-0.3, -0.25) is 4.79 Å². The smallest absolute Gasteiger partial charge is 0.241 e. The van der Waals surface area contributed by atoms with Crippen LogP contribution in [0.1, 0.15) is 20.3 Å². The minimum absolute atomic E-state index is 0.205. The van der Waals surface area contributed by atoms with Crippen molar-refractivity contribution in [3.63, 3.8) is 0 Å². The molecule has 1 amide bonds. The number of rotatable bonds is 6. The molecule has 19 heavy (non-hydrogen) atoms. The molecule has 3 N–H and O–H groups in total. The molecule has 0 spiro atoms. The molecule has 0 aliphatic rings. The van der Waals surface area contributed by atoms with Gasteiger partial charge >= 0.3 is 0 Å². The second-order valence-electron chi connectivity index (χ2n) is 4.83. The van der Waals surface area contributed by atoms with Gasteiger partial charge in [-0.15, -0.1) is 0 Å². The summed E-state index contributed by atoms with van der Waals surface area (Å²) in [4.78, 5) is 11.9. The molecule has 5 nitrogen and oxygen atoms in total. The molecule has 0 fully saturated rings. The van der Waals surface area contributed by atoms with Crippen LogP contribution in [-0.4, -0.2) is 26.2 Å². The number of nitrogens with one attached hydrogen (secondary N) is 1. The van der Waals surface area contributed by atoms with E-state index >= 15 is 0 Å². The summed E-state index contributed by atoms with van der Waals surface area (Å²) in [6, 6.07) is 4.67. The standard InChI is InChI=1S/C14H22N2O3/c1-9(2)5-13(15)14(17)16-10-6-11(18-3)8-12(7-10)19-4/h6-9,13H,5,15H2,1-4H3,(H,16,17)/t13-/m1/s1. The van der Waals surface area contributed by atoms with Gasteiger partial charge in [-0.2, -0.15) is 0 Å². The highest BCUT2D eigenvalue weighted by molar-refractivity contribution is 5.95. The Morgan fingerprint density at radius 1 is 1.21 bits per heavy atom. The number of hydrogen-bond donors (Lipinski definition) is 2. The van der Waals surface area contributed by atoms with Crippen molar-refractivity contribution in [3.05, 3.63) is 18.2 Å². The second kappa shape index (κ2) is 6.99. The lowest BCUT2D eigenvalue weighted by molar-refractivity contribution is -0.117. The molecule has 1 aromatic rings. The topological polar surface area (TPSA) is 73.6 Å². The summed E-state index contributed by atoms with van der Waals surface area (Å²) in [6.07, 6.45) is 0.646. The van der Waals surface area contributed by atoms with Gasteiger partial charge in [0, 0.05) is 23.9 Å². The van der Waals surface area contributed by atoms with E-state index in [1.54, 1.807) is 32.4 Å². The van der Waals surface area contributed by atoms with Crippen LogP contribution < -0.4 is 20.5 Å². The minimum Gasteiger partial charge on any atom is -0.497 e. The lowest BCUT2D eigenvalue weighted by Gasteiger charge is -2.15. The largest absolute Gasteiger partial charge is 0.497 e. The van der Waals surface area contributed by atoms with E-state index in [0.717, 1.165) is 0 Å². The molecule has 1 rings (SSSR count). The van der Waals surface area contributed by atoms with Crippen LogP contribution in [0, 0.1) is 5.92 Å². The molecule has 0 radical (unpaired) electrons. The SMILES string of the molecule is COc1cc(NC(=O)[C@H](N)CC(C)C)cc(OC)c1. The Balaban J connectivity index is 2.78. The van der Waals surface area contributed by atoms with Crippen LogP contribution in [0.4, 0.5) is 5.69 Å². The Kier molecular flexibility index (Phi) is 5.63. The summed E-state index contributed by atoms with van der Waals surface area (Å²) in [5, 5.41) is 2.77. The zero-order valence-electron chi connectivity index (χ0n) is 11.9. The van der Waals surface area contributed by atoms with Gasteiger partial charge in [0.1, 0.15) is 11.5 Å². The van der Waals surface area contributed by atoms with E-state index in [0.29, 0.717) is 29.5 Å². The van der Waals surface area contributed by atoms with Crippen molar-refractivity contribution >= 4 is 11.6 Å². The van der Waals surface area contributed by atoms with Crippen LogP contribution in [0.25, 0.3) is 0 Å². The molecule has 0 aliphatic carbocycles. The van der Waals surface area contributed by atoms with Crippen LogP contribution >= 0.6 is 0 Å². The molecule has 0 aliphatic heterocycles. The van der Waals surface area contributed by atoms with Gasteiger partial charge in [0.05, 0.1) is 20.3 Å². The number of ether oxygens (including phenoxy) is 2. The molecule has 5 heteroatoms. The summed E-state index contributed by atoms with van der Waals surface area (Å²) in [7, 11) is 3.12. The molecule has 106 valence electrons. The Bertz CT molecular complexity index is 410. The lowest BCUT2D eigenvalue weighted by atomic mass is 10.0. The van der Waals surface area contributed by atoms with E-state index in [1.165, 1.54) is 0 Å². The highest BCUT2D eigenvalue weighted by Gasteiger charge is 2.15. The number of anilines is 1. The third-order valence-corrected chi connectivity index (χ3v) is 2.68. The summed E-state index contributed by atoms with van der Waals surface area (Å²) in [5.74, 6) is 1.41. The summed E-state index contributed by atoms with van der Waals surface area (Å²) in [6.45, 7) is 4.06. The maximum Gasteiger partial charge on any atom is 0.241 e. The first-order valence-electron chi connectivity index (χ1n) is 6.25. The molecule has 0 saturated carbocycles. The lowest BCUT2D eigenvalue weighted by Crippen LogP contribution is -2.36. The summed E-state index contributed by atoms with van der Waals surface area (Å²) in [5.41, 5.74) is 6.44. The fourth-order valence-corrected chi connectivity index (χ4v) is 1.73. The Morgan fingerprint density at radius 2 is 1.74 bits per heavy atom. The Hall–Kier alpha value is -1.75. The molecule has 0 aromatic heterocycles. The van der Waals surface area contributed by atoms with Crippen molar-refractivity contribution in [3.8, 4) is 11.5 Å². The molecular weight excluding hydrogens is 244 g/mol. The highest BCUT2D eigenvalue weighted by atomic mass is 16.5. The van der Waals surface area contributed by atoms with Gasteiger partial charge in [0.15, 0.2) is 0 Å². The predicted molar refractivity (Wildman–Crippen MR) is 75.6 cm³/mol. The number of nitrogens with two attached hydrogens (primary N) is 1. The molecule has 0 saturated heterocycles. The van der Waals surface area contributed by atoms with E-state index in [9.17, 15) is 4.79 Å². The Morgan fingerprint density at radius 3 is 2.16 bits per heavy atom. The van der Waals surface area contributed by atoms with Crippen molar-refractivity contribution in [2.45, 2.75) is 26.3 Å². The van der Waals surface area contributed by atoms with Crippen LogP contribution in [0.3, 0.4) is 0 Å². The van der Waals surface area contributed by atoms with Gasteiger partial charge in [-0.25, -0.2) is 0 Å². The quantitative estimate of drug-likeness (QED) is 0.826. The van der Waals surface area contributed by atoms with Crippen molar-refractivity contribution in [2.75, 3.05) is 19.5 Å². The van der Waals surface area contributed by atoms with E-state index in [4.69, 9.17) is 15.2 Å². The highest BCUT2D eigenvalue weighted by Crippen LogP contribution is 2.25. The molecule has 1 aromatic carbocycles. The predicted octanol–water partition coefficient (Wildman–Crippen LogP) is 2.02. The normalized spacial score (nSPS) is 12.1. The maximum absolute atomic E-state index is 11.9. The summed E-state index contributed by atoms with van der Waals surface area (Å²) < 4.78 is 10.3. The first-order valence-corrected chi connectivity index (χ1v) is 6.25. The first kappa shape index (κ1) is 15.3. The number of carbonyl (C=O) groups excluding carboxylic acids is 1. The number of methoxy groups -OCH3 is 2. The average Bonchev–Trinajstić information content (AvgIpc) is 2.37. The van der Waals surface area contributed by atoms with Crippen molar-refractivity contribution in [1.29, 1.82) is 0 Å². The molecule has 0 heterocycles. The molecular formula is C14H22N2O3. The second-order valence-corrected chi connectivity index (χ2v) is 4.83. The van der Waals surface area contributed by atoms with Crippen LogP contribution in [0.5, 0.6) is 11.5 Å². The van der Waals surface area contributed by atoms with Gasteiger partial charge in [-0.05, 0) is 12.3 Å². The number of benzene rings is 1. The van der Waals surface area contributed by atoms with Crippen molar-refractivity contribution in [2.24, 2.45) is 11.7 Å². The van der Waals surface area contributed by atoms with Gasteiger partial charge < -0.3 is 20.5 Å². The third kappa shape index (κ3) is 4.79. The van der Waals surface area contributed by atoms with Crippen molar-refractivity contribution in [1.82, 2.24) is 0 Å². The minimum atomic E-state index is -0.516. The van der Waals surface area contributed by atoms with E-state index in [2.05, 4.69) is 5.32 Å². The van der Waals surface area contributed by atoms with Gasteiger partial charge in [0.25, 0.3) is 0 Å². The fraction of sp³-hybridized carbons (Fsp3) is 0.500. The van der Waals surface area contributed by atoms with Gasteiger partial charge in [0.2, 0.25) is 5.91 Å². The van der Waals surface area contributed by atoms with Crippen LogP contribution in [-0.2, 0) is 4.79 Å². The zero-order valence-corrected chi connectivity index (χ0v) is 11.9. The molecule has 1 atom stereocenters. The summed E-state index contributed by atoms with van der Waals surface area (Å²) >= 11 is 0. The van der Waals surface area contributed by atoms with E-state index in [-0.39, 0.29) is 5.91 Å². The van der Waals surface area contributed by atoms with Crippen molar-refractivity contribution < 1.29 is 14.3 Å². The van der Waals surface area contributed by atoms with Gasteiger partial charge in [-0.1, -0.05) is 13.8 Å². The number of hydrogen-bond acceptors (Lipinski definition) is 4. The first-order chi connectivity index (χ1) is 8.96. The van der Waals surface area contributed by atoms with E-state index < -0.39 is 6.04 Å².